The molecule has 0 radical (unpaired) electrons. The molecule has 0 bridgehead atoms. The zero-order valence-electron chi connectivity index (χ0n) is 8.63. The van der Waals surface area contributed by atoms with E-state index in [1.165, 1.54) is 0 Å². The van der Waals surface area contributed by atoms with Crippen LogP contribution in [0.5, 0.6) is 5.75 Å². The van der Waals surface area contributed by atoms with E-state index in [1.807, 2.05) is 0 Å². The number of primary amides is 1. The van der Waals surface area contributed by atoms with E-state index in [0.717, 1.165) is 18.2 Å². The van der Waals surface area contributed by atoms with Gasteiger partial charge in [0.2, 0.25) is 5.91 Å². The zero-order chi connectivity index (χ0) is 13.0. The van der Waals surface area contributed by atoms with Crippen LogP contribution in [0.15, 0.2) is 18.2 Å². The maximum Gasteiger partial charge on any atom is 0.311 e. The Balaban J connectivity index is 2.85. The Kier molecular flexibility index (Phi) is 3.94. The summed E-state index contributed by atoms with van der Waals surface area (Å²) in [5, 5.41) is 10.6. The van der Waals surface area contributed by atoms with E-state index < -0.39 is 28.4 Å². The topological polar surface area (TPSA) is 121 Å². The van der Waals surface area contributed by atoms with E-state index in [4.69, 9.17) is 16.2 Å². The molecule has 0 heterocycles. The monoisotopic (exact) mass is 243 g/mol. The Morgan fingerprint density at radius 3 is 2.76 bits per heavy atom. The standard InChI is InChI=1S/C9H10FN3O4/c10-5-1-2-7(13(15)16)8(3-5)17-4-6(11)9(12)14/h1-3,6H,4,11H2,(H2,12,14). The number of nitrogens with zero attached hydrogens (tertiary/aromatic N) is 1. The lowest BCUT2D eigenvalue weighted by Crippen LogP contribution is -2.41. The number of rotatable bonds is 5. The molecule has 0 aliphatic carbocycles. The normalized spacial score (nSPS) is 11.9. The van der Waals surface area contributed by atoms with Crippen LogP contribution in [-0.2, 0) is 4.79 Å². The molecule has 92 valence electrons. The average molecular weight is 243 g/mol. The van der Waals surface area contributed by atoms with Crippen LogP contribution in [0.3, 0.4) is 0 Å². The van der Waals surface area contributed by atoms with E-state index in [0.29, 0.717) is 0 Å². The van der Waals surface area contributed by atoms with Gasteiger partial charge in [0.15, 0.2) is 5.75 Å². The molecule has 0 saturated heterocycles. The van der Waals surface area contributed by atoms with Crippen molar-refractivity contribution < 1.29 is 18.8 Å². The number of hydrogen-bond acceptors (Lipinski definition) is 5. The zero-order valence-corrected chi connectivity index (χ0v) is 8.63. The first-order valence-corrected chi connectivity index (χ1v) is 4.53. The summed E-state index contributed by atoms with van der Waals surface area (Å²) in [6.45, 7) is -0.361. The van der Waals surface area contributed by atoms with Crippen molar-refractivity contribution in [2.75, 3.05) is 6.61 Å². The fraction of sp³-hybridized carbons (Fsp3) is 0.222. The molecule has 0 saturated carbocycles. The number of benzene rings is 1. The lowest BCUT2D eigenvalue weighted by atomic mass is 10.3. The highest BCUT2D eigenvalue weighted by Crippen LogP contribution is 2.27. The fourth-order valence-electron chi connectivity index (χ4n) is 1.02. The van der Waals surface area contributed by atoms with Gasteiger partial charge in [0.25, 0.3) is 0 Å². The third kappa shape index (κ3) is 3.38. The van der Waals surface area contributed by atoms with Crippen molar-refractivity contribution in [3.05, 3.63) is 34.1 Å². The third-order valence-corrected chi connectivity index (χ3v) is 1.90. The van der Waals surface area contributed by atoms with Crippen LogP contribution in [0.25, 0.3) is 0 Å². The Hall–Kier alpha value is -2.22. The molecule has 1 amide bonds. The molecule has 8 heteroatoms. The van der Waals surface area contributed by atoms with Gasteiger partial charge < -0.3 is 16.2 Å². The van der Waals surface area contributed by atoms with Gasteiger partial charge in [0, 0.05) is 12.1 Å². The van der Waals surface area contributed by atoms with E-state index in [1.54, 1.807) is 0 Å². The minimum atomic E-state index is -1.11. The van der Waals surface area contributed by atoms with Gasteiger partial charge in [-0.25, -0.2) is 4.39 Å². The number of amides is 1. The first kappa shape index (κ1) is 12.8. The highest BCUT2D eigenvalue weighted by molar-refractivity contribution is 5.79. The average Bonchev–Trinajstić information content (AvgIpc) is 2.25. The summed E-state index contributed by atoms with van der Waals surface area (Å²) in [6, 6.07) is 1.61. The van der Waals surface area contributed by atoms with Gasteiger partial charge in [-0.05, 0) is 6.07 Å². The first-order valence-electron chi connectivity index (χ1n) is 4.53. The molecular formula is C9H10FN3O4. The summed E-state index contributed by atoms with van der Waals surface area (Å²) < 4.78 is 17.8. The molecule has 0 aliphatic rings. The Morgan fingerprint density at radius 2 is 2.24 bits per heavy atom. The second-order valence-electron chi connectivity index (χ2n) is 3.19. The van der Waals surface area contributed by atoms with Crippen molar-refractivity contribution in [1.29, 1.82) is 0 Å². The van der Waals surface area contributed by atoms with Crippen LogP contribution in [0.1, 0.15) is 0 Å². The van der Waals surface area contributed by atoms with Crippen LogP contribution in [0.2, 0.25) is 0 Å². The van der Waals surface area contributed by atoms with Crippen molar-refractivity contribution >= 4 is 11.6 Å². The largest absolute Gasteiger partial charge is 0.485 e. The van der Waals surface area contributed by atoms with Crippen LogP contribution in [-0.4, -0.2) is 23.5 Å². The second-order valence-corrected chi connectivity index (χ2v) is 3.19. The molecule has 0 fully saturated rings. The Labute approximate surface area is 95.3 Å². The van der Waals surface area contributed by atoms with Gasteiger partial charge in [-0.2, -0.15) is 0 Å². The third-order valence-electron chi connectivity index (χ3n) is 1.90. The Bertz CT molecular complexity index is 452. The molecule has 0 aromatic heterocycles. The SMILES string of the molecule is NC(=O)C(N)COc1cc(F)ccc1[N+](=O)[O-]. The summed E-state index contributed by atoms with van der Waals surface area (Å²) in [5.41, 5.74) is 9.73. The number of carbonyl (C=O) groups excluding carboxylic acids is 1. The number of nitro benzene ring substituents is 1. The lowest BCUT2D eigenvalue weighted by molar-refractivity contribution is -0.385. The number of ether oxygens (including phenoxy) is 1. The number of hydrogen-bond donors (Lipinski definition) is 2. The van der Waals surface area contributed by atoms with Crippen molar-refractivity contribution in [1.82, 2.24) is 0 Å². The summed E-state index contributed by atoms with van der Waals surface area (Å²) in [4.78, 5) is 20.5. The van der Waals surface area contributed by atoms with Crippen LogP contribution in [0.4, 0.5) is 10.1 Å². The number of nitro groups is 1. The molecule has 17 heavy (non-hydrogen) atoms. The minimum Gasteiger partial charge on any atom is -0.485 e. The van der Waals surface area contributed by atoms with Gasteiger partial charge in [-0.3, -0.25) is 14.9 Å². The van der Waals surface area contributed by atoms with Crippen LogP contribution in [0, 0.1) is 15.9 Å². The van der Waals surface area contributed by atoms with E-state index in [-0.39, 0.29) is 12.4 Å². The Morgan fingerprint density at radius 1 is 1.59 bits per heavy atom. The fourth-order valence-corrected chi connectivity index (χ4v) is 1.02. The first-order chi connectivity index (χ1) is 7.91. The van der Waals surface area contributed by atoms with Gasteiger partial charge in [-0.15, -0.1) is 0 Å². The predicted molar refractivity (Wildman–Crippen MR) is 55.7 cm³/mol. The predicted octanol–water partition coefficient (Wildman–Crippen LogP) is -0.0747. The van der Waals surface area contributed by atoms with E-state index >= 15 is 0 Å². The molecule has 1 rings (SSSR count). The summed E-state index contributed by atoms with van der Waals surface area (Å²) in [7, 11) is 0. The van der Waals surface area contributed by atoms with Crippen LogP contribution < -0.4 is 16.2 Å². The molecule has 1 unspecified atom stereocenters. The van der Waals surface area contributed by atoms with E-state index in [2.05, 4.69) is 0 Å². The molecule has 7 nitrogen and oxygen atoms in total. The van der Waals surface area contributed by atoms with Gasteiger partial charge >= 0.3 is 5.69 Å². The molecule has 1 atom stereocenters. The number of halogens is 1. The summed E-state index contributed by atoms with van der Waals surface area (Å²) in [5.74, 6) is -1.81. The lowest BCUT2D eigenvalue weighted by Gasteiger charge is -2.10. The van der Waals surface area contributed by atoms with Crippen molar-refractivity contribution in [2.45, 2.75) is 6.04 Å². The molecule has 1 aromatic rings. The van der Waals surface area contributed by atoms with Crippen LogP contribution >= 0.6 is 0 Å². The number of carbonyl (C=O) groups is 1. The number of nitrogens with two attached hydrogens (primary N) is 2. The molecule has 0 spiro atoms. The van der Waals surface area contributed by atoms with Gasteiger partial charge in [-0.1, -0.05) is 0 Å². The summed E-state index contributed by atoms with van der Waals surface area (Å²) in [6.07, 6.45) is 0. The second kappa shape index (κ2) is 5.21. The van der Waals surface area contributed by atoms with E-state index in [9.17, 15) is 19.3 Å². The molecule has 1 aromatic carbocycles. The highest BCUT2D eigenvalue weighted by atomic mass is 19.1. The maximum atomic E-state index is 12.9. The summed E-state index contributed by atoms with van der Waals surface area (Å²) >= 11 is 0. The molecular weight excluding hydrogens is 233 g/mol. The van der Waals surface area contributed by atoms with Gasteiger partial charge in [0.1, 0.15) is 18.5 Å². The van der Waals surface area contributed by atoms with Crippen molar-refractivity contribution in [3.63, 3.8) is 0 Å². The quantitative estimate of drug-likeness (QED) is 0.553. The molecule has 4 N–H and O–H groups in total. The highest BCUT2D eigenvalue weighted by Gasteiger charge is 2.18. The minimum absolute atomic E-state index is 0.299. The van der Waals surface area contributed by atoms with Crippen molar-refractivity contribution in [3.8, 4) is 5.75 Å². The van der Waals surface area contributed by atoms with Crippen molar-refractivity contribution in [2.24, 2.45) is 11.5 Å². The maximum absolute atomic E-state index is 12.9. The van der Waals surface area contributed by atoms with Gasteiger partial charge in [0.05, 0.1) is 4.92 Å². The molecule has 0 aliphatic heterocycles. The smallest absolute Gasteiger partial charge is 0.311 e.